The van der Waals surface area contributed by atoms with Gasteiger partial charge in [-0.05, 0) is 6.42 Å². The van der Waals surface area contributed by atoms with E-state index < -0.39 is 0 Å². The molecule has 0 aromatic carbocycles. The minimum Gasteiger partial charge on any atom is -0.303 e. The van der Waals surface area contributed by atoms with Crippen LogP contribution >= 0.6 is 0 Å². The summed E-state index contributed by atoms with van der Waals surface area (Å²) in [4.78, 5) is 0. The maximum absolute atomic E-state index is 4.02. The molecule has 2 heteroatoms. The Morgan fingerprint density at radius 1 is 1.50 bits per heavy atom. The van der Waals surface area contributed by atoms with E-state index in [0.29, 0.717) is 0 Å². The molecule has 0 amide bonds. The van der Waals surface area contributed by atoms with Crippen molar-refractivity contribution in [1.82, 2.24) is 5.01 Å². The number of rotatable bonds is 3. The maximum atomic E-state index is 4.02. The molecule has 0 heterocycles. The minimum absolute atomic E-state index is 1.08. The van der Waals surface area contributed by atoms with Crippen molar-refractivity contribution >= 4 is 6.21 Å². The molecule has 48 valence electrons. The Bertz CT molecular complexity index is 66.9. The molecule has 0 N–H and O–H groups in total. The fourth-order valence-electron chi connectivity index (χ4n) is 0.350. The van der Waals surface area contributed by atoms with Crippen LogP contribution in [0.15, 0.2) is 5.10 Å². The van der Waals surface area contributed by atoms with Gasteiger partial charge in [-0.2, -0.15) is 5.10 Å². The minimum atomic E-state index is 1.08. The molecule has 0 saturated carbocycles. The summed E-state index contributed by atoms with van der Waals surface area (Å²) in [5.41, 5.74) is 0. The Balaban J connectivity index is 3.07. The monoisotopic (exact) mass is 114 g/mol. The lowest BCUT2D eigenvalue weighted by atomic mass is 10.4. The van der Waals surface area contributed by atoms with Gasteiger partial charge in [0.2, 0.25) is 0 Å². The first-order chi connectivity index (χ1) is 3.77. The second-order valence-corrected chi connectivity index (χ2v) is 1.93. The Labute approximate surface area is 51.2 Å². The van der Waals surface area contributed by atoms with E-state index in [9.17, 15) is 0 Å². The van der Waals surface area contributed by atoms with Crippen molar-refractivity contribution in [1.29, 1.82) is 0 Å². The van der Waals surface area contributed by atoms with Crippen molar-refractivity contribution < 1.29 is 0 Å². The zero-order chi connectivity index (χ0) is 6.41. The fraction of sp³-hybridized carbons (Fsp3) is 0.833. The van der Waals surface area contributed by atoms with E-state index in [0.717, 1.165) is 6.42 Å². The van der Waals surface area contributed by atoms with E-state index in [1.54, 1.807) is 5.01 Å². The average molecular weight is 114 g/mol. The first kappa shape index (κ1) is 7.47. The van der Waals surface area contributed by atoms with Crippen molar-refractivity contribution in [3.05, 3.63) is 0 Å². The number of nitrogens with zero attached hydrogens (tertiary/aromatic N) is 2. The van der Waals surface area contributed by atoms with Gasteiger partial charge in [-0.15, -0.1) is 0 Å². The number of unbranched alkanes of at least 4 members (excludes halogenated alkanes) is 1. The Morgan fingerprint density at radius 3 is 2.50 bits per heavy atom. The Hall–Kier alpha value is -0.530. The van der Waals surface area contributed by atoms with Crippen LogP contribution in [0.5, 0.6) is 0 Å². The van der Waals surface area contributed by atoms with E-state index >= 15 is 0 Å². The van der Waals surface area contributed by atoms with Crippen molar-refractivity contribution in [2.24, 2.45) is 5.10 Å². The van der Waals surface area contributed by atoms with Gasteiger partial charge in [0.15, 0.2) is 0 Å². The smallest absolute Gasteiger partial charge is 0.0244 e. The van der Waals surface area contributed by atoms with Gasteiger partial charge >= 0.3 is 0 Å². The lowest BCUT2D eigenvalue weighted by molar-refractivity contribution is 0.439. The third-order valence-corrected chi connectivity index (χ3v) is 0.730. The van der Waals surface area contributed by atoms with Crippen molar-refractivity contribution in [2.75, 3.05) is 14.1 Å². The SMILES string of the molecule is CCC/C=N\N(C)C. The predicted molar refractivity (Wildman–Crippen MR) is 37.1 cm³/mol. The van der Waals surface area contributed by atoms with E-state index in [4.69, 9.17) is 0 Å². The van der Waals surface area contributed by atoms with Crippen LogP contribution in [-0.2, 0) is 0 Å². The maximum Gasteiger partial charge on any atom is 0.0244 e. The van der Waals surface area contributed by atoms with Crippen LogP contribution in [-0.4, -0.2) is 25.3 Å². The third-order valence-electron chi connectivity index (χ3n) is 0.730. The highest BCUT2D eigenvalue weighted by atomic mass is 15.4. The van der Waals surface area contributed by atoms with Gasteiger partial charge < -0.3 is 5.01 Å². The quantitative estimate of drug-likeness (QED) is 0.399. The molecule has 0 saturated heterocycles. The zero-order valence-corrected chi connectivity index (χ0v) is 5.89. The molecule has 0 bridgehead atoms. The van der Waals surface area contributed by atoms with Gasteiger partial charge in [-0.3, -0.25) is 0 Å². The standard InChI is InChI=1S/C6H14N2/c1-4-5-6-7-8(2)3/h6H,4-5H2,1-3H3/b7-6-. The fourth-order valence-corrected chi connectivity index (χ4v) is 0.350. The first-order valence-electron chi connectivity index (χ1n) is 2.97. The third kappa shape index (κ3) is 5.47. The molecule has 0 atom stereocenters. The molecule has 0 aliphatic rings. The van der Waals surface area contributed by atoms with Crippen LogP contribution in [0.4, 0.5) is 0 Å². The summed E-state index contributed by atoms with van der Waals surface area (Å²) in [6.07, 6.45) is 4.19. The molecule has 8 heavy (non-hydrogen) atoms. The lowest BCUT2D eigenvalue weighted by Gasteiger charge is -2.00. The summed E-state index contributed by atoms with van der Waals surface area (Å²) in [7, 11) is 3.85. The number of hydrazone groups is 1. The lowest BCUT2D eigenvalue weighted by Crippen LogP contribution is -2.01. The predicted octanol–water partition coefficient (Wildman–Crippen LogP) is 1.33. The molecule has 0 aliphatic heterocycles. The Kier molecular flexibility index (Phi) is 4.32. The molecule has 0 aromatic heterocycles. The zero-order valence-electron chi connectivity index (χ0n) is 5.89. The van der Waals surface area contributed by atoms with E-state index in [2.05, 4.69) is 12.0 Å². The molecule has 2 nitrogen and oxygen atoms in total. The molecule has 0 fully saturated rings. The summed E-state index contributed by atoms with van der Waals surface area (Å²) in [5.74, 6) is 0. The average Bonchev–Trinajstić information content (AvgIpc) is 1.66. The van der Waals surface area contributed by atoms with Crippen molar-refractivity contribution in [3.8, 4) is 0 Å². The summed E-state index contributed by atoms with van der Waals surface area (Å²) in [5, 5.41) is 5.82. The molecule has 0 aliphatic carbocycles. The van der Waals surface area contributed by atoms with Crippen LogP contribution in [0.1, 0.15) is 19.8 Å². The normalized spacial score (nSPS) is 10.4. The van der Waals surface area contributed by atoms with Crippen LogP contribution in [0.25, 0.3) is 0 Å². The van der Waals surface area contributed by atoms with Gasteiger partial charge in [0.05, 0.1) is 0 Å². The highest BCUT2D eigenvalue weighted by Gasteiger charge is 1.74. The van der Waals surface area contributed by atoms with Crippen LogP contribution < -0.4 is 0 Å². The molecule has 0 aromatic rings. The van der Waals surface area contributed by atoms with Crippen LogP contribution in [0.2, 0.25) is 0 Å². The van der Waals surface area contributed by atoms with E-state index in [1.165, 1.54) is 6.42 Å². The molecule has 0 rings (SSSR count). The number of hydrogen-bond acceptors (Lipinski definition) is 2. The highest BCUT2D eigenvalue weighted by Crippen LogP contribution is 1.81. The summed E-state index contributed by atoms with van der Waals surface area (Å²) >= 11 is 0. The molecule has 0 unspecified atom stereocenters. The molecular weight excluding hydrogens is 100 g/mol. The van der Waals surface area contributed by atoms with Crippen molar-refractivity contribution in [3.63, 3.8) is 0 Å². The van der Waals surface area contributed by atoms with Gasteiger partial charge in [0.1, 0.15) is 0 Å². The van der Waals surface area contributed by atoms with E-state index in [1.807, 2.05) is 20.3 Å². The second-order valence-electron chi connectivity index (χ2n) is 1.93. The first-order valence-corrected chi connectivity index (χ1v) is 2.97. The van der Waals surface area contributed by atoms with Crippen molar-refractivity contribution in [2.45, 2.75) is 19.8 Å². The van der Waals surface area contributed by atoms with Gasteiger partial charge in [0, 0.05) is 20.3 Å². The number of hydrogen-bond donors (Lipinski definition) is 0. The summed E-state index contributed by atoms with van der Waals surface area (Å²) in [6.45, 7) is 2.14. The molecule has 0 spiro atoms. The second kappa shape index (κ2) is 4.62. The summed E-state index contributed by atoms with van der Waals surface area (Å²) < 4.78 is 0. The summed E-state index contributed by atoms with van der Waals surface area (Å²) in [6, 6.07) is 0. The largest absolute Gasteiger partial charge is 0.303 e. The Morgan fingerprint density at radius 2 is 2.12 bits per heavy atom. The van der Waals surface area contributed by atoms with Crippen LogP contribution in [0, 0.1) is 0 Å². The van der Waals surface area contributed by atoms with Gasteiger partial charge in [0.25, 0.3) is 0 Å². The molecular formula is C6H14N2. The van der Waals surface area contributed by atoms with Crippen LogP contribution in [0.3, 0.4) is 0 Å². The topological polar surface area (TPSA) is 15.6 Å². The van der Waals surface area contributed by atoms with E-state index in [-0.39, 0.29) is 0 Å². The van der Waals surface area contributed by atoms with Gasteiger partial charge in [-0.1, -0.05) is 13.3 Å². The highest BCUT2D eigenvalue weighted by molar-refractivity contribution is 5.56. The van der Waals surface area contributed by atoms with Gasteiger partial charge in [-0.25, -0.2) is 0 Å². The molecule has 0 radical (unpaired) electrons.